The van der Waals surface area contributed by atoms with Crippen LogP contribution >= 0.6 is 0 Å². The van der Waals surface area contributed by atoms with Crippen LogP contribution in [0.15, 0.2) is 10.2 Å². The number of ether oxygens (including phenoxy) is 1. The van der Waals surface area contributed by atoms with Crippen LogP contribution in [0.4, 0.5) is 0 Å². The van der Waals surface area contributed by atoms with E-state index in [0.717, 1.165) is 0 Å². The van der Waals surface area contributed by atoms with Crippen LogP contribution in [-0.4, -0.2) is 25.8 Å². The van der Waals surface area contributed by atoms with Crippen LogP contribution in [0.3, 0.4) is 0 Å². The molecular weight excluding hydrogens is 223 g/mol. The summed E-state index contributed by atoms with van der Waals surface area (Å²) in [6.07, 6.45) is 2.24. The van der Waals surface area contributed by atoms with Gasteiger partial charge in [-0.05, 0) is 6.92 Å². The minimum atomic E-state index is -0.339. The first-order chi connectivity index (χ1) is 4.81. The van der Waals surface area contributed by atoms with E-state index in [0.29, 0.717) is 0 Å². The molecule has 11 heavy (non-hydrogen) atoms. The number of nitrogens with zero attached hydrogens (tertiary/aromatic N) is 2. The van der Waals surface area contributed by atoms with Crippen molar-refractivity contribution in [3.63, 3.8) is 0 Å². The first kappa shape index (κ1) is 13.7. The van der Waals surface area contributed by atoms with Gasteiger partial charge in [0.2, 0.25) is 0 Å². The molecule has 0 saturated heterocycles. The second-order valence-corrected chi connectivity index (χ2v) is 1.54. The number of rotatable bonds is 4. The summed E-state index contributed by atoms with van der Waals surface area (Å²) in [6.45, 7) is 1.68. The van der Waals surface area contributed by atoms with E-state index in [-0.39, 0.29) is 38.8 Å². The molecule has 0 aliphatic rings. The molecule has 0 aliphatic heterocycles. The van der Waals surface area contributed by atoms with E-state index in [1.54, 1.807) is 6.92 Å². The quantitative estimate of drug-likeness (QED) is 0.413. The average molecular weight is 233 g/mol. The summed E-state index contributed by atoms with van der Waals surface area (Å²) in [7, 11) is 1.48. The molecule has 0 aliphatic carbocycles. The average Bonchev–Trinajstić information content (AvgIpc) is 1.98. The van der Waals surface area contributed by atoms with Crippen LogP contribution in [0.25, 0.3) is 5.90 Å². The first-order valence-electron chi connectivity index (χ1n) is 2.71. The molecule has 5 nitrogen and oxygen atoms in total. The fourth-order valence-corrected chi connectivity index (χ4v) is 0.237. The van der Waals surface area contributed by atoms with E-state index in [1.807, 2.05) is 0 Å². The number of methoxy groups -OCH3 is 1. The van der Waals surface area contributed by atoms with Crippen LogP contribution in [0, 0.1) is 0 Å². The second kappa shape index (κ2) is 10.2. The Hall–Kier alpha value is 0.164. The van der Waals surface area contributed by atoms with Gasteiger partial charge in [-0.3, -0.25) is 0 Å². The van der Waals surface area contributed by atoms with Crippen molar-refractivity contribution < 1.29 is 42.3 Å². The molecule has 61 valence electrons. The maximum atomic E-state index is 6.41. The molecular formula is C5H10N3O2Y-. The Morgan fingerprint density at radius 1 is 1.45 bits per heavy atom. The van der Waals surface area contributed by atoms with Gasteiger partial charge in [0.15, 0.2) is 6.40 Å². The van der Waals surface area contributed by atoms with Crippen LogP contribution < -0.4 is 0 Å². The number of nitrogens with one attached hydrogen (secondary N) is 1. The maximum Gasteiger partial charge on any atom is 0.194 e. The van der Waals surface area contributed by atoms with Gasteiger partial charge >= 0.3 is 0 Å². The predicted octanol–water partition coefficient (Wildman–Crippen LogP) is 1.02. The summed E-state index contributed by atoms with van der Waals surface area (Å²) in [6, 6.07) is 0. The van der Waals surface area contributed by atoms with Crippen LogP contribution in [0.2, 0.25) is 0 Å². The number of hydrogen-bond donors (Lipinski definition) is 0. The molecule has 0 bridgehead atoms. The van der Waals surface area contributed by atoms with Crippen LogP contribution in [0.1, 0.15) is 6.92 Å². The molecule has 0 unspecified atom stereocenters. The molecule has 0 aromatic heterocycles. The van der Waals surface area contributed by atoms with E-state index in [4.69, 9.17) is 5.90 Å². The Morgan fingerprint density at radius 2 is 2.09 bits per heavy atom. The van der Waals surface area contributed by atoms with Gasteiger partial charge in [0.05, 0.1) is 19.4 Å². The van der Waals surface area contributed by atoms with E-state index in [1.165, 1.54) is 19.7 Å². The third-order valence-corrected chi connectivity index (χ3v) is 0.682. The molecule has 1 N–H and O–H groups in total. The number of hydrogen-bond acceptors (Lipinski definition) is 4. The fraction of sp³-hybridized carbons (Fsp3) is 0.600. The largest absolute Gasteiger partial charge is 0.549 e. The standard InChI is InChI=1S/C5H10N3O2.Y/c1-5(10-6)3-7-8-4-9-2;/h3-6H,1-2H3;/q-1;/b7-3-,8-4+;/t5-;/m0./s1. The van der Waals surface area contributed by atoms with Gasteiger partial charge in [0.25, 0.3) is 0 Å². The summed E-state index contributed by atoms with van der Waals surface area (Å²) in [5.74, 6) is 6.41. The van der Waals surface area contributed by atoms with Crippen molar-refractivity contribution in [3.8, 4) is 0 Å². The van der Waals surface area contributed by atoms with Gasteiger partial charge in [0.1, 0.15) is 0 Å². The molecule has 0 aromatic carbocycles. The predicted molar refractivity (Wildman–Crippen MR) is 38.9 cm³/mol. The monoisotopic (exact) mass is 233 g/mol. The van der Waals surface area contributed by atoms with Crippen molar-refractivity contribution in [2.45, 2.75) is 13.0 Å². The Morgan fingerprint density at radius 3 is 2.55 bits per heavy atom. The van der Waals surface area contributed by atoms with Crippen molar-refractivity contribution >= 4 is 12.6 Å². The molecule has 0 heterocycles. The van der Waals surface area contributed by atoms with Gasteiger partial charge < -0.3 is 15.5 Å². The Bertz CT molecular complexity index is 129. The van der Waals surface area contributed by atoms with Crippen molar-refractivity contribution in [2.24, 2.45) is 10.2 Å². The van der Waals surface area contributed by atoms with Gasteiger partial charge in [0, 0.05) is 32.7 Å². The van der Waals surface area contributed by atoms with Crippen molar-refractivity contribution in [1.29, 1.82) is 0 Å². The topological polar surface area (TPSA) is 67.0 Å². The smallest absolute Gasteiger partial charge is 0.194 e. The van der Waals surface area contributed by atoms with Crippen molar-refractivity contribution in [2.75, 3.05) is 7.11 Å². The summed E-state index contributed by atoms with van der Waals surface area (Å²) < 4.78 is 4.46. The normalized spacial score (nSPS) is 13.4. The van der Waals surface area contributed by atoms with Crippen molar-refractivity contribution in [3.05, 3.63) is 5.90 Å². The molecule has 0 amide bonds. The third-order valence-electron chi connectivity index (χ3n) is 0.682. The third kappa shape index (κ3) is 10.2. The molecule has 0 aromatic rings. The van der Waals surface area contributed by atoms with E-state index >= 15 is 0 Å². The van der Waals surface area contributed by atoms with E-state index in [2.05, 4.69) is 19.8 Å². The molecule has 1 atom stereocenters. The molecule has 0 spiro atoms. The molecule has 0 fully saturated rings. The zero-order chi connectivity index (χ0) is 7.82. The summed E-state index contributed by atoms with van der Waals surface area (Å²) >= 11 is 0. The fourth-order valence-electron chi connectivity index (χ4n) is 0.237. The Kier molecular flexibility index (Phi) is 12.7. The SMILES string of the molecule is CO/C=N/N=C\[C@H](C)O[NH-].[Y]. The maximum absolute atomic E-state index is 6.41. The zero-order valence-corrected chi connectivity index (χ0v) is 9.36. The summed E-state index contributed by atoms with van der Waals surface area (Å²) in [5, 5.41) is 6.94. The molecule has 6 heteroatoms. The van der Waals surface area contributed by atoms with Crippen molar-refractivity contribution in [1.82, 2.24) is 0 Å². The van der Waals surface area contributed by atoms with Gasteiger partial charge in [-0.2, -0.15) is 5.10 Å². The van der Waals surface area contributed by atoms with Gasteiger partial charge in [-0.25, -0.2) is 0 Å². The summed E-state index contributed by atoms with van der Waals surface area (Å²) in [4.78, 5) is 4.12. The van der Waals surface area contributed by atoms with Gasteiger partial charge in [-0.15, -0.1) is 5.10 Å². The Balaban J connectivity index is 0. The van der Waals surface area contributed by atoms with Gasteiger partial charge in [-0.1, -0.05) is 0 Å². The molecule has 1 radical (unpaired) electrons. The zero-order valence-electron chi connectivity index (χ0n) is 6.52. The minimum Gasteiger partial charge on any atom is -0.549 e. The molecule has 0 rings (SSSR count). The van der Waals surface area contributed by atoms with E-state index in [9.17, 15) is 0 Å². The molecule has 0 saturated carbocycles. The van der Waals surface area contributed by atoms with E-state index < -0.39 is 0 Å². The van der Waals surface area contributed by atoms with Crippen LogP contribution in [-0.2, 0) is 42.3 Å². The first-order valence-corrected chi connectivity index (χ1v) is 2.71. The second-order valence-electron chi connectivity index (χ2n) is 1.54. The Labute approximate surface area is 90.9 Å². The summed E-state index contributed by atoms with van der Waals surface area (Å²) in [5.41, 5.74) is 0. The minimum absolute atomic E-state index is 0. The van der Waals surface area contributed by atoms with Crippen LogP contribution in [0.5, 0.6) is 0 Å².